The minimum absolute atomic E-state index is 0. The van der Waals surface area contributed by atoms with Gasteiger partial charge in [-0.25, -0.2) is 0 Å². The van der Waals surface area contributed by atoms with Crippen LogP contribution in [0, 0.1) is 0 Å². The molecule has 149 valence electrons. The van der Waals surface area contributed by atoms with Crippen molar-refractivity contribution in [2.75, 3.05) is 0 Å². The molecule has 0 spiro atoms. The Kier molecular flexibility index (Phi) is 6.93. The average molecular weight is 440 g/mol. The molecule has 2 atom stereocenters. The van der Waals surface area contributed by atoms with Crippen molar-refractivity contribution in [3.8, 4) is 0 Å². The standard InChI is InChI=1S/2C10H7NO3.Cu/c2*12-8-5-6-3-1-2-4-7(6)11-9(8)10(13)14;/h2*1-5,9H,(H,13,14);/q;;+2/p-2. The molecule has 2 heterocycles. The normalized spacial score (nSPS) is 18.5. The molecule has 2 aromatic carbocycles. The smallest absolute Gasteiger partial charge is 0.547 e. The van der Waals surface area contributed by atoms with E-state index in [9.17, 15) is 29.4 Å². The zero-order valence-electron chi connectivity index (χ0n) is 14.6. The van der Waals surface area contributed by atoms with Gasteiger partial charge in [-0.05, 0) is 24.3 Å². The summed E-state index contributed by atoms with van der Waals surface area (Å²) in [6.07, 6.45) is 2.56. The maximum absolute atomic E-state index is 11.2. The van der Waals surface area contributed by atoms with E-state index in [-0.39, 0.29) is 17.1 Å². The van der Waals surface area contributed by atoms with Crippen LogP contribution >= 0.6 is 0 Å². The molecule has 29 heavy (non-hydrogen) atoms. The Balaban J connectivity index is 0.000000200. The van der Waals surface area contributed by atoms with Gasteiger partial charge >= 0.3 is 17.1 Å². The Morgan fingerprint density at radius 3 is 1.38 bits per heavy atom. The fourth-order valence-electron chi connectivity index (χ4n) is 2.66. The number of hydrogen-bond acceptors (Lipinski definition) is 8. The van der Waals surface area contributed by atoms with E-state index >= 15 is 0 Å². The molecule has 8 nitrogen and oxygen atoms in total. The Labute approximate surface area is 174 Å². The number of fused-ring (bicyclic) bond motifs is 2. The quantitative estimate of drug-likeness (QED) is 0.342. The predicted octanol–water partition coefficient (Wildman–Crippen LogP) is -4.43. The summed E-state index contributed by atoms with van der Waals surface area (Å²) in [7, 11) is 0. The van der Waals surface area contributed by atoms with Crippen LogP contribution < -0.4 is 31.4 Å². The van der Waals surface area contributed by atoms with Gasteiger partial charge in [0.1, 0.15) is 0 Å². The van der Waals surface area contributed by atoms with Crippen LogP contribution in [0.2, 0.25) is 0 Å². The number of carboxylic acids is 2. The molecule has 0 saturated heterocycles. The summed E-state index contributed by atoms with van der Waals surface area (Å²) in [5.41, 5.74) is 0. The molecule has 0 bridgehead atoms. The number of carbonyl (C=O) groups is 4. The number of benzene rings is 2. The zero-order chi connectivity index (χ0) is 20.3. The summed E-state index contributed by atoms with van der Waals surface area (Å²) in [6.45, 7) is 0. The van der Waals surface area contributed by atoms with Crippen molar-refractivity contribution in [3.63, 3.8) is 0 Å². The van der Waals surface area contributed by atoms with Crippen LogP contribution in [0.3, 0.4) is 0 Å². The van der Waals surface area contributed by atoms with Crippen molar-refractivity contribution in [1.29, 1.82) is 0 Å². The van der Waals surface area contributed by atoms with Crippen LogP contribution in [0.4, 0.5) is 0 Å². The van der Waals surface area contributed by atoms with E-state index in [2.05, 4.69) is 9.98 Å². The first-order valence-electron chi connectivity index (χ1n) is 8.15. The number of ketones is 2. The van der Waals surface area contributed by atoms with Gasteiger partial charge in [0.15, 0.2) is 23.7 Å². The molecule has 4 rings (SSSR count). The first kappa shape index (κ1) is 21.9. The third-order valence-corrected chi connectivity index (χ3v) is 3.99. The summed E-state index contributed by atoms with van der Waals surface area (Å²) < 4.78 is 0. The summed E-state index contributed by atoms with van der Waals surface area (Å²) in [5.74, 6) is -3.99. The topological polar surface area (TPSA) is 139 Å². The third kappa shape index (κ3) is 4.90. The second-order valence-electron chi connectivity index (χ2n) is 5.91. The second-order valence-corrected chi connectivity index (χ2v) is 5.91. The molecule has 9 heteroatoms. The molecule has 0 amide bonds. The molecular weight excluding hydrogens is 428 g/mol. The molecule has 0 N–H and O–H groups in total. The summed E-state index contributed by atoms with van der Waals surface area (Å²) >= 11 is 0. The summed E-state index contributed by atoms with van der Waals surface area (Å²) in [4.78, 5) is 51.1. The van der Waals surface area contributed by atoms with Crippen molar-refractivity contribution < 1.29 is 46.5 Å². The Bertz CT molecular complexity index is 1140. The number of Topliss-reactive ketones (excluding diaryl/α,β-unsaturated/α-hetero) is 2. The van der Waals surface area contributed by atoms with E-state index in [1.807, 2.05) is 0 Å². The average Bonchev–Trinajstić information content (AvgIpc) is 2.67. The van der Waals surface area contributed by atoms with Crippen molar-refractivity contribution in [2.45, 2.75) is 12.1 Å². The van der Waals surface area contributed by atoms with Crippen molar-refractivity contribution in [1.82, 2.24) is 0 Å². The Morgan fingerprint density at radius 1 is 0.690 bits per heavy atom. The number of rotatable bonds is 2. The van der Waals surface area contributed by atoms with Crippen molar-refractivity contribution >= 4 is 35.7 Å². The van der Waals surface area contributed by atoms with E-state index in [1.54, 1.807) is 48.5 Å². The Morgan fingerprint density at radius 2 is 1.03 bits per heavy atom. The number of aliphatic carboxylic acids is 2. The van der Waals surface area contributed by atoms with Crippen molar-refractivity contribution in [2.24, 2.45) is 9.98 Å². The molecule has 2 aromatic rings. The van der Waals surface area contributed by atoms with Gasteiger partial charge in [0, 0.05) is 10.4 Å². The van der Waals surface area contributed by atoms with E-state index in [4.69, 9.17) is 0 Å². The van der Waals surface area contributed by atoms with Gasteiger partial charge in [-0.1, -0.05) is 36.4 Å². The van der Waals surface area contributed by atoms with Crippen molar-refractivity contribution in [3.05, 3.63) is 69.7 Å². The largest absolute Gasteiger partial charge is 2.00 e. The van der Waals surface area contributed by atoms with Crippen LogP contribution in [0.25, 0.3) is 12.2 Å². The summed E-state index contributed by atoms with van der Waals surface area (Å²) in [5, 5.41) is 23.4. The maximum atomic E-state index is 11.2. The number of nitrogens with zero attached hydrogens (tertiary/aromatic N) is 2. The van der Waals surface area contributed by atoms with Gasteiger partial charge in [0.2, 0.25) is 0 Å². The SMILES string of the molecule is O=C([O-])C1N=c2ccccc2=CC1=O.O=C([O-])C1N=c2ccccc2=CC1=O.[Cu+2]. The van der Waals surface area contributed by atoms with Crippen LogP contribution in [0.1, 0.15) is 0 Å². The fourth-order valence-corrected chi connectivity index (χ4v) is 2.66. The third-order valence-electron chi connectivity index (χ3n) is 3.99. The molecule has 0 aromatic heterocycles. The number of carbonyl (C=O) groups excluding carboxylic acids is 4. The fraction of sp³-hybridized carbons (Fsp3) is 0.100. The predicted molar refractivity (Wildman–Crippen MR) is 91.0 cm³/mol. The molecule has 2 unspecified atom stereocenters. The van der Waals surface area contributed by atoms with E-state index in [0.717, 1.165) is 0 Å². The molecule has 0 saturated carbocycles. The van der Waals surface area contributed by atoms with Gasteiger partial charge in [0.25, 0.3) is 0 Å². The van der Waals surface area contributed by atoms with Gasteiger partial charge in [-0.2, -0.15) is 0 Å². The molecule has 0 aliphatic carbocycles. The van der Waals surface area contributed by atoms with E-state index < -0.39 is 35.6 Å². The molecular formula is C20H12CuN2O6. The molecule has 1 radical (unpaired) electrons. The van der Waals surface area contributed by atoms with Crippen LogP contribution in [0.5, 0.6) is 0 Å². The Hall–Kier alpha value is -3.42. The first-order valence-corrected chi connectivity index (χ1v) is 8.15. The minimum Gasteiger partial charge on any atom is -0.547 e. The monoisotopic (exact) mass is 439 g/mol. The maximum Gasteiger partial charge on any atom is 2.00 e. The number of hydrogen-bond donors (Lipinski definition) is 0. The van der Waals surface area contributed by atoms with Gasteiger partial charge in [0.05, 0.1) is 22.7 Å². The van der Waals surface area contributed by atoms with Gasteiger partial charge in [-0.3, -0.25) is 19.6 Å². The van der Waals surface area contributed by atoms with E-state index in [1.165, 1.54) is 12.2 Å². The van der Waals surface area contributed by atoms with Gasteiger partial charge in [-0.15, -0.1) is 0 Å². The molecule has 2 aliphatic heterocycles. The molecule has 2 aliphatic rings. The first-order chi connectivity index (χ1) is 13.4. The minimum atomic E-state index is -1.46. The molecule has 0 fully saturated rings. The van der Waals surface area contributed by atoms with Crippen LogP contribution in [0.15, 0.2) is 58.5 Å². The summed E-state index contributed by atoms with van der Waals surface area (Å²) in [6, 6.07) is 11.0. The van der Waals surface area contributed by atoms with Gasteiger partial charge < -0.3 is 19.8 Å². The number of carboxylic acid groups (broad SMARTS) is 2. The second kappa shape index (κ2) is 9.18. The zero-order valence-corrected chi connectivity index (χ0v) is 15.5. The van der Waals surface area contributed by atoms with E-state index in [0.29, 0.717) is 21.2 Å². The number of para-hydroxylation sites is 2. The van der Waals surface area contributed by atoms with Crippen LogP contribution in [-0.2, 0) is 36.2 Å². The van der Waals surface area contributed by atoms with Crippen LogP contribution in [-0.4, -0.2) is 35.6 Å².